The number of hydrogen-bond donors (Lipinski definition) is 1. The molecule has 92 valence electrons. The first-order valence-electron chi connectivity index (χ1n) is 6.00. The van der Waals surface area contributed by atoms with Crippen LogP contribution in [0.25, 0.3) is 0 Å². The predicted octanol–water partition coefficient (Wildman–Crippen LogP) is 2.60. The van der Waals surface area contributed by atoms with E-state index in [2.05, 4.69) is 11.2 Å². The summed E-state index contributed by atoms with van der Waals surface area (Å²) < 4.78 is 1.64. The lowest BCUT2D eigenvalue weighted by molar-refractivity contribution is 0.280. The Labute approximate surface area is 106 Å². The van der Waals surface area contributed by atoms with Crippen LogP contribution in [-0.4, -0.2) is 14.9 Å². The van der Waals surface area contributed by atoms with Gasteiger partial charge in [-0.15, -0.1) is 0 Å². The maximum Gasteiger partial charge on any atom is 0.132 e. The molecule has 1 saturated carbocycles. The van der Waals surface area contributed by atoms with E-state index in [4.69, 9.17) is 16.9 Å². The van der Waals surface area contributed by atoms with Gasteiger partial charge in [0.1, 0.15) is 5.15 Å². The molecule has 5 heteroatoms. The SMILES string of the molecule is N#CCCn1nc(C2CCCC2)c(CO)c1Cl. The smallest absolute Gasteiger partial charge is 0.132 e. The molecule has 0 aromatic carbocycles. The number of aryl methyl sites for hydroxylation is 1. The van der Waals surface area contributed by atoms with Crippen LogP contribution < -0.4 is 0 Å². The molecule has 0 unspecified atom stereocenters. The van der Waals surface area contributed by atoms with E-state index in [-0.39, 0.29) is 6.61 Å². The molecule has 1 aliphatic carbocycles. The van der Waals surface area contributed by atoms with Gasteiger partial charge in [0.15, 0.2) is 0 Å². The van der Waals surface area contributed by atoms with Crippen molar-refractivity contribution < 1.29 is 5.11 Å². The number of nitriles is 1. The largest absolute Gasteiger partial charge is 0.391 e. The van der Waals surface area contributed by atoms with Gasteiger partial charge in [-0.05, 0) is 12.8 Å². The van der Waals surface area contributed by atoms with Gasteiger partial charge in [0.25, 0.3) is 0 Å². The van der Waals surface area contributed by atoms with Crippen molar-refractivity contribution in [3.8, 4) is 6.07 Å². The monoisotopic (exact) mass is 253 g/mol. The molecule has 1 fully saturated rings. The standard InChI is InChI=1S/C12H16ClN3O/c13-12-10(8-17)11(9-4-1-2-5-9)15-16(12)7-3-6-14/h9,17H,1-5,7-8H2. The van der Waals surface area contributed by atoms with Crippen LogP contribution in [0.3, 0.4) is 0 Å². The van der Waals surface area contributed by atoms with E-state index in [9.17, 15) is 5.11 Å². The fraction of sp³-hybridized carbons (Fsp3) is 0.667. The quantitative estimate of drug-likeness (QED) is 0.897. The average molecular weight is 254 g/mol. The molecule has 1 aromatic rings. The molecule has 0 aliphatic heterocycles. The van der Waals surface area contributed by atoms with Gasteiger partial charge in [0.05, 0.1) is 31.3 Å². The topological polar surface area (TPSA) is 61.8 Å². The van der Waals surface area contributed by atoms with Crippen molar-refractivity contribution in [3.05, 3.63) is 16.4 Å². The highest BCUT2D eigenvalue weighted by Gasteiger charge is 2.25. The second-order valence-corrected chi connectivity index (χ2v) is 4.78. The van der Waals surface area contributed by atoms with Crippen LogP contribution in [-0.2, 0) is 13.2 Å². The molecule has 0 radical (unpaired) electrons. The van der Waals surface area contributed by atoms with E-state index in [0.29, 0.717) is 24.0 Å². The zero-order valence-electron chi connectivity index (χ0n) is 9.69. The molecular weight excluding hydrogens is 238 g/mol. The number of halogens is 1. The van der Waals surface area contributed by atoms with Crippen molar-refractivity contribution in [1.82, 2.24) is 9.78 Å². The van der Waals surface area contributed by atoms with Crippen molar-refractivity contribution in [3.63, 3.8) is 0 Å². The Balaban J connectivity index is 2.27. The fourth-order valence-electron chi connectivity index (χ4n) is 2.47. The molecule has 0 spiro atoms. The molecule has 0 amide bonds. The highest BCUT2D eigenvalue weighted by Crippen LogP contribution is 2.37. The number of aromatic nitrogens is 2. The minimum absolute atomic E-state index is 0.0722. The Morgan fingerprint density at radius 3 is 2.76 bits per heavy atom. The molecule has 1 N–H and O–H groups in total. The Hall–Kier alpha value is -1.05. The lowest BCUT2D eigenvalue weighted by Gasteiger charge is -2.06. The van der Waals surface area contributed by atoms with Gasteiger partial charge in [-0.2, -0.15) is 10.4 Å². The van der Waals surface area contributed by atoms with Crippen LogP contribution in [0.5, 0.6) is 0 Å². The third kappa shape index (κ3) is 2.46. The van der Waals surface area contributed by atoms with Crippen LogP contribution in [0.2, 0.25) is 5.15 Å². The lowest BCUT2D eigenvalue weighted by Crippen LogP contribution is -2.01. The molecule has 17 heavy (non-hydrogen) atoms. The van der Waals surface area contributed by atoms with Crippen molar-refractivity contribution in [1.29, 1.82) is 5.26 Å². The maximum atomic E-state index is 9.40. The molecule has 1 aromatic heterocycles. The molecule has 4 nitrogen and oxygen atoms in total. The maximum absolute atomic E-state index is 9.40. The minimum Gasteiger partial charge on any atom is -0.391 e. The van der Waals surface area contributed by atoms with E-state index in [1.165, 1.54) is 12.8 Å². The van der Waals surface area contributed by atoms with Gasteiger partial charge >= 0.3 is 0 Å². The van der Waals surface area contributed by atoms with Crippen molar-refractivity contribution in [2.75, 3.05) is 0 Å². The first kappa shape index (κ1) is 12.4. The Bertz CT molecular complexity index is 430. The summed E-state index contributed by atoms with van der Waals surface area (Å²) in [6, 6.07) is 2.08. The molecule has 1 aliphatic rings. The zero-order valence-corrected chi connectivity index (χ0v) is 10.4. The first-order chi connectivity index (χ1) is 8.27. The van der Waals surface area contributed by atoms with E-state index < -0.39 is 0 Å². The highest BCUT2D eigenvalue weighted by atomic mass is 35.5. The van der Waals surface area contributed by atoms with E-state index in [1.54, 1.807) is 4.68 Å². The summed E-state index contributed by atoms with van der Waals surface area (Å²) in [4.78, 5) is 0. The summed E-state index contributed by atoms with van der Waals surface area (Å²) in [5.74, 6) is 0.429. The summed E-state index contributed by atoms with van der Waals surface area (Å²) >= 11 is 6.17. The third-order valence-corrected chi connectivity index (χ3v) is 3.77. The lowest BCUT2D eigenvalue weighted by atomic mass is 10.0. The van der Waals surface area contributed by atoms with Gasteiger partial charge in [-0.3, -0.25) is 4.68 Å². The zero-order chi connectivity index (χ0) is 12.3. The van der Waals surface area contributed by atoms with Crippen molar-refractivity contribution >= 4 is 11.6 Å². The third-order valence-electron chi connectivity index (χ3n) is 3.35. The molecule has 0 atom stereocenters. The summed E-state index contributed by atoms with van der Waals surface area (Å²) in [6.45, 7) is 0.423. The normalized spacial score (nSPS) is 16.3. The van der Waals surface area contributed by atoms with Crippen LogP contribution in [0, 0.1) is 11.3 Å². The van der Waals surface area contributed by atoms with Crippen LogP contribution in [0.1, 0.15) is 49.3 Å². The number of aliphatic hydroxyl groups is 1. The Morgan fingerprint density at radius 1 is 1.47 bits per heavy atom. The van der Waals surface area contributed by atoms with Crippen LogP contribution >= 0.6 is 11.6 Å². The number of hydrogen-bond acceptors (Lipinski definition) is 3. The number of rotatable bonds is 4. The average Bonchev–Trinajstić information content (AvgIpc) is 2.94. The Morgan fingerprint density at radius 2 is 2.18 bits per heavy atom. The van der Waals surface area contributed by atoms with Gasteiger partial charge in [-0.25, -0.2) is 0 Å². The summed E-state index contributed by atoms with van der Waals surface area (Å²) in [6.07, 6.45) is 5.07. The summed E-state index contributed by atoms with van der Waals surface area (Å²) in [5, 5.41) is 22.9. The van der Waals surface area contributed by atoms with Crippen LogP contribution in [0.15, 0.2) is 0 Å². The second kappa shape index (κ2) is 5.52. The summed E-state index contributed by atoms with van der Waals surface area (Å²) in [5.41, 5.74) is 1.68. The number of nitrogens with zero attached hydrogens (tertiary/aromatic N) is 3. The van der Waals surface area contributed by atoms with Gasteiger partial charge in [0.2, 0.25) is 0 Å². The molecule has 1 heterocycles. The van der Waals surface area contributed by atoms with E-state index in [0.717, 1.165) is 24.1 Å². The minimum atomic E-state index is -0.0722. The van der Waals surface area contributed by atoms with Crippen molar-refractivity contribution in [2.45, 2.75) is 51.2 Å². The predicted molar refractivity (Wildman–Crippen MR) is 64.6 cm³/mol. The number of aliphatic hydroxyl groups excluding tert-OH is 1. The van der Waals surface area contributed by atoms with Gasteiger partial charge in [-0.1, -0.05) is 24.4 Å². The second-order valence-electron chi connectivity index (χ2n) is 4.43. The molecule has 0 bridgehead atoms. The van der Waals surface area contributed by atoms with E-state index in [1.807, 2.05) is 0 Å². The van der Waals surface area contributed by atoms with E-state index >= 15 is 0 Å². The molecule has 0 saturated heterocycles. The molecular formula is C12H16ClN3O. The van der Waals surface area contributed by atoms with Gasteiger partial charge in [0, 0.05) is 11.5 Å². The summed E-state index contributed by atoms with van der Waals surface area (Å²) in [7, 11) is 0. The van der Waals surface area contributed by atoms with Gasteiger partial charge < -0.3 is 5.11 Å². The Kier molecular flexibility index (Phi) is 4.03. The highest BCUT2D eigenvalue weighted by molar-refractivity contribution is 6.30. The first-order valence-corrected chi connectivity index (χ1v) is 6.38. The van der Waals surface area contributed by atoms with Crippen molar-refractivity contribution in [2.24, 2.45) is 0 Å². The van der Waals surface area contributed by atoms with Crippen LogP contribution in [0.4, 0.5) is 0 Å². The molecule has 2 rings (SSSR count). The fourth-order valence-corrected chi connectivity index (χ4v) is 2.75.